The Labute approximate surface area is 120 Å². The summed E-state index contributed by atoms with van der Waals surface area (Å²) in [6.07, 6.45) is 0. The highest BCUT2D eigenvalue weighted by atomic mass is 16.6. The summed E-state index contributed by atoms with van der Waals surface area (Å²) in [4.78, 5) is 23.3. The predicted octanol–water partition coefficient (Wildman–Crippen LogP) is 2.72. The number of nitro benzene ring substituents is 1. The first kappa shape index (κ1) is 13.1. The number of para-hydroxylation sites is 2. The van der Waals surface area contributed by atoms with Crippen molar-refractivity contribution in [3.05, 3.63) is 69.0 Å². The average molecular weight is 283 g/mol. The smallest absolute Gasteiger partial charge is 0.267 e. The monoisotopic (exact) mass is 283 g/mol. The van der Waals surface area contributed by atoms with E-state index in [0.717, 1.165) is 5.69 Å². The van der Waals surface area contributed by atoms with E-state index in [9.17, 15) is 14.9 Å². The van der Waals surface area contributed by atoms with Crippen LogP contribution in [-0.2, 0) is 6.54 Å². The van der Waals surface area contributed by atoms with Gasteiger partial charge in [-0.25, -0.2) is 9.36 Å². The molecule has 0 bridgehead atoms. The van der Waals surface area contributed by atoms with Gasteiger partial charge in [0.25, 0.3) is 11.2 Å². The molecule has 6 heteroatoms. The number of aromatic nitrogens is 2. The van der Waals surface area contributed by atoms with Crippen molar-refractivity contribution in [2.45, 2.75) is 13.5 Å². The van der Waals surface area contributed by atoms with Gasteiger partial charge in [0.15, 0.2) is 5.52 Å². The van der Waals surface area contributed by atoms with Crippen LogP contribution in [0.1, 0.15) is 6.92 Å². The van der Waals surface area contributed by atoms with Crippen molar-refractivity contribution >= 4 is 16.6 Å². The number of nitro groups is 1. The Kier molecular flexibility index (Phi) is 3.06. The Hall–Kier alpha value is -2.89. The van der Waals surface area contributed by atoms with Gasteiger partial charge < -0.3 is 0 Å². The Bertz CT molecular complexity index is 878. The number of hydrogen-bond acceptors (Lipinski definition) is 3. The zero-order valence-electron chi connectivity index (χ0n) is 11.4. The Morgan fingerprint density at radius 3 is 2.43 bits per heavy atom. The normalized spacial score (nSPS) is 10.9. The van der Waals surface area contributed by atoms with Crippen LogP contribution in [0.25, 0.3) is 16.6 Å². The molecule has 1 heterocycles. The van der Waals surface area contributed by atoms with Gasteiger partial charge in [0.1, 0.15) is 0 Å². The molecule has 0 fully saturated rings. The molecular weight excluding hydrogens is 270 g/mol. The molecule has 1 aromatic heterocycles. The van der Waals surface area contributed by atoms with Gasteiger partial charge >= 0.3 is 0 Å². The molecule has 2 aromatic carbocycles. The standard InChI is InChI=1S/C15H13N3O3/c1-2-16-15(19)12-9-6-10-13(18(20)21)14(12)17(16)11-7-4-3-5-8-11/h3-10H,2H2,1H3. The van der Waals surface area contributed by atoms with Gasteiger partial charge in [-0.2, -0.15) is 0 Å². The molecule has 0 unspecified atom stereocenters. The maximum atomic E-state index is 12.4. The van der Waals surface area contributed by atoms with Crippen LogP contribution in [0.15, 0.2) is 53.3 Å². The third-order valence-corrected chi connectivity index (χ3v) is 3.43. The van der Waals surface area contributed by atoms with Gasteiger partial charge in [-0.15, -0.1) is 0 Å². The summed E-state index contributed by atoms with van der Waals surface area (Å²) in [6, 6.07) is 13.7. The third-order valence-electron chi connectivity index (χ3n) is 3.43. The summed E-state index contributed by atoms with van der Waals surface area (Å²) in [5, 5.41) is 11.6. The first-order chi connectivity index (χ1) is 10.1. The summed E-state index contributed by atoms with van der Waals surface area (Å²) >= 11 is 0. The molecule has 0 radical (unpaired) electrons. The van der Waals surface area contributed by atoms with E-state index in [0.29, 0.717) is 17.4 Å². The van der Waals surface area contributed by atoms with Crippen molar-refractivity contribution in [3.8, 4) is 5.69 Å². The molecule has 0 amide bonds. The quantitative estimate of drug-likeness (QED) is 0.548. The number of nitrogens with zero attached hydrogens (tertiary/aromatic N) is 3. The predicted molar refractivity (Wildman–Crippen MR) is 79.9 cm³/mol. The van der Waals surface area contributed by atoms with E-state index < -0.39 is 4.92 Å². The highest BCUT2D eigenvalue weighted by Crippen LogP contribution is 2.26. The second-order valence-electron chi connectivity index (χ2n) is 4.60. The second-order valence-corrected chi connectivity index (χ2v) is 4.60. The lowest BCUT2D eigenvalue weighted by Crippen LogP contribution is -2.21. The molecule has 0 spiro atoms. The van der Waals surface area contributed by atoms with Crippen LogP contribution in [0.3, 0.4) is 0 Å². The lowest BCUT2D eigenvalue weighted by atomic mass is 10.2. The fourth-order valence-corrected chi connectivity index (χ4v) is 2.55. The van der Waals surface area contributed by atoms with E-state index in [2.05, 4.69) is 0 Å². The van der Waals surface area contributed by atoms with Crippen LogP contribution < -0.4 is 5.56 Å². The average Bonchev–Trinajstić information content (AvgIpc) is 2.80. The van der Waals surface area contributed by atoms with Crippen molar-refractivity contribution < 1.29 is 4.92 Å². The summed E-state index contributed by atoms with van der Waals surface area (Å²) in [5.74, 6) is 0. The van der Waals surface area contributed by atoms with E-state index >= 15 is 0 Å². The minimum absolute atomic E-state index is 0.0688. The van der Waals surface area contributed by atoms with Crippen molar-refractivity contribution in [3.63, 3.8) is 0 Å². The molecule has 21 heavy (non-hydrogen) atoms. The number of benzene rings is 2. The number of non-ortho nitro benzene ring substituents is 1. The van der Waals surface area contributed by atoms with Crippen LogP contribution in [0, 0.1) is 10.1 Å². The maximum absolute atomic E-state index is 12.4. The van der Waals surface area contributed by atoms with Gasteiger partial charge in [-0.05, 0) is 25.1 Å². The van der Waals surface area contributed by atoms with E-state index in [1.54, 1.807) is 10.7 Å². The molecular formula is C15H13N3O3. The molecule has 0 N–H and O–H groups in total. The van der Waals surface area contributed by atoms with Crippen LogP contribution in [0.2, 0.25) is 0 Å². The van der Waals surface area contributed by atoms with Crippen LogP contribution in [0.4, 0.5) is 5.69 Å². The Balaban J connectivity index is 2.52. The Morgan fingerprint density at radius 1 is 1.10 bits per heavy atom. The van der Waals surface area contributed by atoms with Crippen LogP contribution in [-0.4, -0.2) is 14.3 Å². The highest BCUT2D eigenvalue weighted by molar-refractivity contribution is 5.88. The van der Waals surface area contributed by atoms with Crippen molar-refractivity contribution in [1.82, 2.24) is 9.36 Å². The van der Waals surface area contributed by atoms with E-state index in [1.807, 2.05) is 37.3 Å². The second kappa shape index (κ2) is 4.90. The van der Waals surface area contributed by atoms with Crippen molar-refractivity contribution in [2.24, 2.45) is 0 Å². The van der Waals surface area contributed by atoms with E-state index in [4.69, 9.17) is 0 Å². The fourth-order valence-electron chi connectivity index (χ4n) is 2.55. The van der Waals surface area contributed by atoms with Gasteiger partial charge in [0.2, 0.25) is 0 Å². The molecule has 3 rings (SSSR count). The molecule has 0 aliphatic heterocycles. The zero-order valence-corrected chi connectivity index (χ0v) is 11.4. The minimum Gasteiger partial charge on any atom is -0.267 e. The number of fused-ring (bicyclic) bond motifs is 1. The third kappa shape index (κ3) is 1.92. The lowest BCUT2D eigenvalue weighted by Gasteiger charge is -2.10. The van der Waals surface area contributed by atoms with E-state index in [1.165, 1.54) is 16.8 Å². The molecule has 0 saturated carbocycles. The van der Waals surface area contributed by atoms with Crippen molar-refractivity contribution in [1.29, 1.82) is 0 Å². The summed E-state index contributed by atoms with van der Waals surface area (Å²) < 4.78 is 3.13. The fraction of sp³-hybridized carbons (Fsp3) is 0.133. The maximum Gasteiger partial charge on any atom is 0.295 e. The van der Waals surface area contributed by atoms with Gasteiger partial charge in [0.05, 0.1) is 16.0 Å². The highest BCUT2D eigenvalue weighted by Gasteiger charge is 2.22. The first-order valence-corrected chi connectivity index (χ1v) is 6.59. The minimum atomic E-state index is -0.457. The van der Waals surface area contributed by atoms with Crippen molar-refractivity contribution in [2.75, 3.05) is 0 Å². The summed E-state index contributed by atoms with van der Waals surface area (Å²) in [7, 11) is 0. The SMILES string of the molecule is CCn1c(=O)c2cccc([N+](=O)[O-])c2n1-c1ccccc1. The van der Waals surface area contributed by atoms with Gasteiger partial charge in [-0.3, -0.25) is 14.9 Å². The largest absolute Gasteiger partial charge is 0.295 e. The van der Waals surface area contributed by atoms with Gasteiger partial charge in [0, 0.05) is 12.6 Å². The molecule has 0 atom stereocenters. The first-order valence-electron chi connectivity index (χ1n) is 6.59. The van der Waals surface area contributed by atoms with Crippen LogP contribution >= 0.6 is 0 Å². The molecule has 0 aliphatic carbocycles. The molecule has 106 valence electrons. The summed E-state index contributed by atoms with van der Waals surface area (Å²) in [6.45, 7) is 2.27. The van der Waals surface area contributed by atoms with E-state index in [-0.39, 0.29) is 11.2 Å². The topological polar surface area (TPSA) is 70.1 Å². The molecule has 3 aromatic rings. The lowest BCUT2D eigenvalue weighted by molar-refractivity contribution is -0.383. The number of rotatable bonds is 3. The summed E-state index contributed by atoms with van der Waals surface area (Å²) in [5.41, 5.74) is 0.766. The number of hydrogen-bond donors (Lipinski definition) is 0. The molecule has 0 saturated heterocycles. The molecule has 6 nitrogen and oxygen atoms in total. The molecule has 0 aliphatic rings. The van der Waals surface area contributed by atoms with Gasteiger partial charge in [-0.1, -0.05) is 24.3 Å². The zero-order chi connectivity index (χ0) is 15.0. The Morgan fingerprint density at radius 2 is 1.81 bits per heavy atom. The van der Waals surface area contributed by atoms with Crippen LogP contribution in [0.5, 0.6) is 0 Å².